The van der Waals surface area contributed by atoms with E-state index in [1.807, 2.05) is 76.5 Å². The Morgan fingerprint density at radius 3 is 2.34 bits per heavy atom. The first kappa shape index (κ1) is 26.8. The Kier molecular flexibility index (Phi) is 7.61. The van der Waals surface area contributed by atoms with Crippen LogP contribution in [0.1, 0.15) is 27.0 Å². The molecule has 7 heteroatoms. The third-order valence-electron chi connectivity index (χ3n) is 7.47. The molecule has 206 valence electrons. The van der Waals surface area contributed by atoms with Gasteiger partial charge in [0.05, 0.1) is 17.1 Å². The molecule has 41 heavy (non-hydrogen) atoms. The second-order valence-corrected chi connectivity index (χ2v) is 11.4. The number of fused-ring (bicyclic) bond motifs is 1. The number of amides is 2. The van der Waals surface area contributed by atoms with Crippen molar-refractivity contribution in [3.63, 3.8) is 0 Å². The second kappa shape index (κ2) is 11.6. The third kappa shape index (κ3) is 5.91. The van der Waals surface area contributed by atoms with Gasteiger partial charge in [-0.1, -0.05) is 65.9 Å². The van der Waals surface area contributed by atoms with Crippen LogP contribution in [0.25, 0.3) is 6.08 Å². The van der Waals surface area contributed by atoms with Gasteiger partial charge in [0.25, 0.3) is 11.8 Å². The molecule has 1 fully saturated rings. The lowest BCUT2D eigenvalue weighted by atomic mass is 10.1. The molecule has 0 aliphatic carbocycles. The van der Waals surface area contributed by atoms with Crippen molar-refractivity contribution in [1.29, 1.82) is 0 Å². The zero-order valence-corrected chi connectivity index (χ0v) is 23.6. The van der Waals surface area contributed by atoms with Gasteiger partial charge >= 0.3 is 0 Å². The Labute approximate surface area is 243 Å². The molecular formula is C34H30FN3O2S. The first-order valence-electron chi connectivity index (χ1n) is 13.7. The number of thioether (sulfide) groups is 1. The van der Waals surface area contributed by atoms with Crippen molar-refractivity contribution in [1.82, 2.24) is 4.90 Å². The van der Waals surface area contributed by atoms with Crippen LogP contribution in [0.4, 0.5) is 15.8 Å². The quantitative estimate of drug-likeness (QED) is 0.251. The Morgan fingerprint density at radius 2 is 1.61 bits per heavy atom. The molecule has 4 aromatic rings. The van der Waals surface area contributed by atoms with E-state index in [2.05, 4.69) is 24.0 Å². The lowest BCUT2D eigenvalue weighted by molar-refractivity contribution is -0.114. The largest absolute Gasteiger partial charge is 0.368 e. The van der Waals surface area contributed by atoms with Crippen LogP contribution >= 0.6 is 11.8 Å². The summed E-state index contributed by atoms with van der Waals surface area (Å²) in [4.78, 5) is 34.4. The number of anilines is 2. The van der Waals surface area contributed by atoms with Crippen molar-refractivity contribution >= 4 is 41.0 Å². The molecule has 0 spiro atoms. The standard InChI is InChI=1S/C34H30FN3O2S/c1-24-5-4-6-26(21-24)23-38-30-7-2-3-8-31(30)41-32(34(38)40)22-25-9-11-27(12-10-25)33(39)37-19-17-36(18-20-37)29-15-13-28(35)14-16-29/h2-16,21-22H,17-20,23H2,1H3. The summed E-state index contributed by atoms with van der Waals surface area (Å²) in [5, 5.41) is 0. The van der Waals surface area contributed by atoms with Crippen LogP contribution in [-0.4, -0.2) is 42.9 Å². The van der Waals surface area contributed by atoms with Crippen LogP contribution < -0.4 is 9.80 Å². The number of hydrogen-bond donors (Lipinski definition) is 0. The summed E-state index contributed by atoms with van der Waals surface area (Å²) in [6, 6.07) is 30.1. The van der Waals surface area contributed by atoms with Crippen LogP contribution in [0, 0.1) is 12.7 Å². The lowest BCUT2D eigenvalue weighted by Gasteiger charge is -2.36. The van der Waals surface area contributed by atoms with Gasteiger partial charge in [0, 0.05) is 42.3 Å². The van der Waals surface area contributed by atoms with Gasteiger partial charge in [-0.05, 0) is 72.7 Å². The highest BCUT2D eigenvalue weighted by atomic mass is 32.2. The second-order valence-electron chi connectivity index (χ2n) is 10.3. The molecule has 0 radical (unpaired) electrons. The van der Waals surface area contributed by atoms with E-state index < -0.39 is 0 Å². The van der Waals surface area contributed by atoms with Gasteiger partial charge in [0.1, 0.15) is 5.82 Å². The molecule has 1 saturated heterocycles. The number of carbonyl (C=O) groups excluding carboxylic acids is 2. The third-order valence-corrected chi connectivity index (χ3v) is 8.55. The Morgan fingerprint density at radius 1 is 0.878 bits per heavy atom. The van der Waals surface area contributed by atoms with E-state index in [1.165, 1.54) is 23.9 Å². The van der Waals surface area contributed by atoms with Crippen LogP contribution in [0.15, 0.2) is 107 Å². The molecular weight excluding hydrogens is 533 g/mol. The maximum Gasteiger partial charge on any atom is 0.265 e. The highest BCUT2D eigenvalue weighted by molar-refractivity contribution is 8.04. The maximum absolute atomic E-state index is 13.7. The minimum Gasteiger partial charge on any atom is -0.368 e. The van der Waals surface area contributed by atoms with E-state index >= 15 is 0 Å². The molecule has 0 N–H and O–H groups in total. The van der Waals surface area contributed by atoms with Gasteiger partial charge in [-0.3, -0.25) is 9.59 Å². The van der Waals surface area contributed by atoms with E-state index in [4.69, 9.17) is 0 Å². The van der Waals surface area contributed by atoms with Crippen LogP contribution in [0.2, 0.25) is 0 Å². The van der Waals surface area contributed by atoms with Gasteiger partial charge < -0.3 is 14.7 Å². The number of hydrogen-bond acceptors (Lipinski definition) is 4. The number of aryl methyl sites for hydroxylation is 1. The molecule has 2 heterocycles. The molecule has 0 bridgehead atoms. The molecule has 4 aromatic carbocycles. The van der Waals surface area contributed by atoms with Gasteiger partial charge in [0.15, 0.2) is 0 Å². The smallest absolute Gasteiger partial charge is 0.265 e. The van der Waals surface area contributed by atoms with Crippen LogP contribution in [0.3, 0.4) is 0 Å². The van der Waals surface area contributed by atoms with Crippen LogP contribution in [0.5, 0.6) is 0 Å². The molecule has 0 unspecified atom stereocenters. The molecule has 5 nitrogen and oxygen atoms in total. The minimum atomic E-state index is -0.252. The van der Waals surface area contributed by atoms with Gasteiger partial charge in [-0.2, -0.15) is 0 Å². The fourth-order valence-corrected chi connectivity index (χ4v) is 6.35. The van der Waals surface area contributed by atoms with E-state index in [9.17, 15) is 14.0 Å². The first-order chi connectivity index (χ1) is 19.9. The summed E-state index contributed by atoms with van der Waals surface area (Å²) in [6.07, 6.45) is 1.90. The summed E-state index contributed by atoms with van der Waals surface area (Å²) >= 11 is 1.48. The molecule has 2 aliphatic heterocycles. The number of rotatable bonds is 5. The number of carbonyl (C=O) groups is 2. The topological polar surface area (TPSA) is 43.9 Å². The van der Waals surface area contributed by atoms with Gasteiger partial charge in [-0.25, -0.2) is 4.39 Å². The normalized spacial score (nSPS) is 16.2. The van der Waals surface area contributed by atoms with Gasteiger partial charge in [-0.15, -0.1) is 0 Å². The van der Waals surface area contributed by atoms with Crippen molar-refractivity contribution in [2.45, 2.75) is 18.4 Å². The van der Waals surface area contributed by atoms with E-state index in [0.717, 1.165) is 33.0 Å². The van der Waals surface area contributed by atoms with Crippen molar-refractivity contribution in [2.24, 2.45) is 0 Å². The minimum absolute atomic E-state index is 0.00988. The first-order valence-corrected chi connectivity index (χ1v) is 14.5. The maximum atomic E-state index is 13.7. The Balaban J connectivity index is 1.15. The number of piperazine rings is 1. The lowest BCUT2D eigenvalue weighted by Crippen LogP contribution is -2.48. The molecule has 0 aromatic heterocycles. The van der Waals surface area contributed by atoms with Crippen molar-refractivity contribution < 1.29 is 14.0 Å². The zero-order chi connectivity index (χ0) is 28.3. The monoisotopic (exact) mass is 563 g/mol. The molecule has 6 rings (SSSR count). The van der Waals surface area contributed by atoms with E-state index in [0.29, 0.717) is 43.2 Å². The fourth-order valence-electron chi connectivity index (χ4n) is 5.29. The zero-order valence-electron chi connectivity index (χ0n) is 22.8. The van der Waals surface area contributed by atoms with E-state index in [-0.39, 0.29) is 17.6 Å². The highest BCUT2D eigenvalue weighted by Gasteiger charge is 2.29. The number of para-hydroxylation sites is 1. The molecule has 0 atom stereocenters. The Hall–Kier alpha value is -4.36. The average molecular weight is 564 g/mol. The van der Waals surface area contributed by atoms with Crippen LogP contribution in [-0.2, 0) is 11.3 Å². The van der Waals surface area contributed by atoms with Crippen molar-refractivity contribution in [3.8, 4) is 0 Å². The highest BCUT2D eigenvalue weighted by Crippen LogP contribution is 2.42. The summed E-state index contributed by atoms with van der Waals surface area (Å²) in [6.45, 7) is 5.14. The van der Waals surface area contributed by atoms with Crippen molar-refractivity contribution in [2.75, 3.05) is 36.0 Å². The predicted molar refractivity (Wildman–Crippen MR) is 164 cm³/mol. The number of nitrogens with zero attached hydrogens (tertiary/aromatic N) is 3. The summed E-state index contributed by atoms with van der Waals surface area (Å²) in [5.74, 6) is -0.295. The predicted octanol–water partition coefficient (Wildman–Crippen LogP) is 6.78. The average Bonchev–Trinajstić information content (AvgIpc) is 3.00. The number of halogens is 1. The number of benzene rings is 4. The molecule has 2 amide bonds. The SMILES string of the molecule is Cc1cccc(CN2C(=O)C(=Cc3ccc(C(=O)N4CCN(c5ccc(F)cc5)CC4)cc3)Sc3ccccc32)c1. The molecule has 0 saturated carbocycles. The summed E-state index contributed by atoms with van der Waals surface area (Å²) in [7, 11) is 0. The van der Waals surface area contributed by atoms with Gasteiger partial charge in [0.2, 0.25) is 0 Å². The summed E-state index contributed by atoms with van der Waals surface area (Å²) in [5.41, 5.74) is 5.62. The van der Waals surface area contributed by atoms with Crippen molar-refractivity contribution in [3.05, 3.63) is 130 Å². The van der Waals surface area contributed by atoms with E-state index in [1.54, 1.807) is 12.1 Å². The Bertz CT molecular complexity index is 1610. The summed E-state index contributed by atoms with van der Waals surface area (Å²) < 4.78 is 13.3. The molecule has 2 aliphatic rings. The fraction of sp³-hybridized carbons (Fsp3) is 0.176.